The van der Waals surface area contributed by atoms with Crippen molar-refractivity contribution in [2.24, 2.45) is 12.1 Å². The van der Waals surface area contributed by atoms with Crippen LogP contribution in [0.1, 0.15) is 16.8 Å². The molecule has 6 heteroatoms. The summed E-state index contributed by atoms with van der Waals surface area (Å²) in [5, 5.41) is 4.60. The van der Waals surface area contributed by atoms with Crippen molar-refractivity contribution in [2.75, 3.05) is 6.61 Å². The fraction of sp³-hybridized carbons (Fsp3) is 0.250. The number of amides is 1. The summed E-state index contributed by atoms with van der Waals surface area (Å²) in [5.74, 6) is 0.289. The van der Waals surface area contributed by atoms with Gasteiger partial charge in [0.05, 0.1) is 11.9 Å². The van der Waals surface area contributed by atoms with Crippen molar-refractivity contribution in [2.45, 2.75) is 13.8 Å². The molecule has 1 N–H and O–H groups in total. The molecule has 0 aliphatic carbocycles. The van der Waals surface area contributed by atoms with E-state index in [1.807, 2.05) is 43.8 Å². The van der Waals surface area contributed by atoms with Gasteiger partial charge in [0.2, 0.25) is 0 Å². The molecule has 0 aliphatic heterocycles. The molecule has 1 amide bonds. The number of hydrogen-bond donors (Lipinski definition) is 1. The van der Waals surface area contributed by atoms with E-state index in [0.29, 0.717) is 10.8 Å². The normalized spacial score (nSPS) is 10.9. The number of aromatic nitrogens is 1. The number of hydrazone groups is 1. The fourth-order valence-electron chi connectivity index (χ4n) is 1.95. The Balaban J connectivity index is 1.86. The first kappa shape index (κ1) is 16.1. The molecule has 2 aromatic rings. The van der Waals surface area contributed by atoms with Crippen molar-refractivity contribution in [3.8, 4) is 5.75 Å². The first-order chi connectivity index (χ1) is 10.5. The summed E-state index contributed by atoms with van der Waals surface area (Å²) in [5.41, 5.74) is 5.15. The minimum absolute atomic E-state index is 0.106. The topological polar surface area (TPSA) is 55.6 Å². The molecule has 2 rings (SSSR count). The minimum Gasteiger partial charge on any atom is -0.484 e. The molecule has 0 fully saturated rings. The van der Waals surface area contributed by atoms with Crippen molar-refractivity contribution in [3.05, 3.63) is 52.3 Å². The average Bonchev–Trinajstić information content (AvgIpc) is 2.88. The summed E-state index contributed by atoms with van der Waals surface area (Å²) in [6.45, 7) is 3.68. The van der Waals surface area contributed by atoms with Gasteiger partial charge in [-0.25, -0.2) is 5.43 Å². The van der Waals surface area contributed by atoms with Crippen molar-refractivity contribution in [1.29, 1.82) is 0 Å². The zero-order valence-corrected chi connectivity index (χ0v) is 13.5. The highest BCUT2D eigenvalue weighted by Gasteiger charge is 2.06. The maximum atomic E-state index is 11.7. The van der Waals surface area contributed by atoms with Gasteiger partial charge >= 0.3 is 0 Å². The fourth-order valence-corrected chi connectivity index (χ4v) is 2.06. The number of carbonyl (C=O) groups excluding carboxylic acids is 1. The lowest BCUT2D eigenvalue weighted by Gasteiger charge is -2.09. The van der Waals surface area contributed by atoms with Gasteiger partial charge in [-0.2, -0.15) is 5.10 Å². The number of nitrogens with one attached hydrogen (secondary N) is 1. The lowest BCUT2D eigenvalue weighted by molar-refractivity contribution is -0.123. The summed E-state index contributed by atoms with van der Waals surface area (Å²) >= 11 is 6.09. The third-order valence-electron chi connectivity index (χ3n) is 3.15. The van der Waals surface area contributed by atoms with Crippen LogP contribution in [0.4, 0.5) is 0 Å². The van der Waals surface area contributed by atoms with E-state index < -0.39 is 0 Å². The van der Waals surface area contributed by atoms with E-state index >= 15 is 0 Å². The molecule has 5 nitrogen and oxygen atoms in total. The second-order valence-corrected chi connectivity index (χ2v) is 5.37. The molecule has 1 aromatic carbocycles. The number of nitrogens with zero attached hydrogens (tertiary/aromatic N) is 2. The predicted octanol–water partition coefficient (Wildman–Crippen LogP) is 2.82. The minimum atomic E-state index is -0.323. The zero-order chi connectivity index (χ0) is 16.1. The molecule has 1 aromatic heterocycles. The number of aryl methyl sites for hydroxylation is 3. The largest absolute Gasteiger partial charge is 0.484 e. The van der Waals surface area contributed by atoms with Crippen molar-refractivity contribution < 1.29 is 9.53 Å². The highest BCUT2D eigenvalue weighted by Crippen LogP contribution is 2.25. The van der Waals surface area contributed by atoms with Crippen LogP contribution >= 0.6 is 11.6 Å². The monoisotopic (exact) mass is 319 g/mol. The van der Waals surface area contributed by atoms with E-state index in [4.69, 9.17) is 16.3 Å². The second-order valence-electron chi connectivity index (χ2n) is 5.00. The van der Waals surface area contributed by atoms with Crippen LogP contribution in [0.25, 0.3) is 0 Å². The molecular weight excluding hydrogens is 302 g/mol. The van der Waals surface area contributed by atoms with Gasteiger partial charge in [0, 0.05) is 18.3 Å². The molecule has 22 heavy (non-hydrogen) atoms. The van der Waals surface area contributed by atoms with Crippen LogP contribution in [0.5, 0.6) is 5.75 Å². The van der Waals surface area contributed by atoms with E-state index in [1.54, 1.807) is 18.3 Å². The molecule has 0 bridgehead atoms. The second kappa shape index (κ2) is 7.13. The van der Waals surface area contributed by atoms with Gasteiger partial charge in [-0.3, -0.25) is 4.79 Å². The summed E-state index contributed by atoms with van der Waals surface area (Å²) in [6, 6.07) is 7.40. The smallest absolute Gasteiger partial charge is 0.277 e. The Morgan fingerprint density at radius 1 is 1.41 bits per heavy atom. The Morgan fingerprint density at radius 3 is 2.68 bits per heavy atom. The molecule has 0 aliphatic rings. The molecule has 116 valence electrons. The van der Waals surface area contributed by atoms with Crippen molar-refractivity contribution in [3.63, 3.8) is 0 Å². The molecule has 0 saturated heterocycles. The van der Waals surface area contributed by atoms with Gasteiger partial charge in [-0.1, -0.05) is 11.6 Å². The van der Waals surface area contributed by atoms with Gasteiger partial charge in [0.15, 0.2) is 6.61 Å². The Morgan fingerprint density at radius 2 is 2.09 bits per heavy atom. The Kier molecular flexibility index (Phi) is 5.22. The van der Waals surface area contributed by atoms with Gasteiger partial charge in [0.25, 0.3) is 5.91 Å². The number of carbonyl (C=O) groups is 1. The average molecular weight is 320 g/mol. The molecule has 1 heterocycles. The summed E-state index contributed by atoms with van der Waals surface area (Å²) in [6.07, 6.45) is 3.48. The third kappa shape index (κ3) is 4.11. The van der Waals surface area contributed by atoms with E-state index in [0.717, 1.165) is 16.8 Å². The Bertz CT molecular complexity index is 684. The molecule has 0 radical (unpaired) electrons. The van der Waals surface area contributed by atoms with Crippen LogP contribution < -0.4 is 10.2 Å². The van der Waals surface area contributed by atoms with Crippen LogP contribution in [0.3, 0.4) is 0 Å². The Hall–Kier alpha value is -2.27. The molecule has 0 unspecified atom stereocenters. The summed E-state index contributed by atoms with van der Waals surface area (Å²) in [7, 11) is 1.90. The molecular formula is C16H18ClN3O2. The maximum absolute atomic E-state index is 11.7. The number of benzene rings is 1. The predicted molar refractivity (Wildman–Crippen MR) is 87.6 cm³/mol. The van der Waals surface area contributed by atoms with Gasteiger partial charge in [-0.15, -0.1) is 0 Å². The highest BCUT2D eigenvalue weighted by atomic mass is 35.5. The third-order valence-corrected chi connectivity index (χ3v) is 3.75. The van der Waals surface area contributed by atoms with Gasteiger partial charge in [0.1, 0.15) is 5.75 Å². The first-order valence-electron chi connectivity index (χ1n) is 6.80. The van der Waals surface area contributed by atoms with E-state index in [-0.39, 0.29) is 12.5 Å². The number of halogens is 1. The Labute approximate surface area is 134 Å². The van der Waals surface area contributed by atoms with Gasteiger partial charge in [-0.05, 0) is 49.2 Å². The van der Waals surface area contributed by atoms with E-state index in [9.17, 15) is 4.79 Å². The number of rotatable bonds is 5. The number of hydrogen-bond acceptors (Lipinski definition) is 3. The molecule has 0 saturated carbocycles. The maximum Gasteiger partial charge on any atom is 0.277 e. The molecule has 0 atom stereocenters. The van der Waals surface area contributed by atoms with Crippen molar-refractivity contribution in [1.82, 2.24) is 9.99 Å². The van der Waals surface area contributed by atoms with Crippen LogP contribution in [0.15, 0.2) is 35.6 Å². The van der Waals surface area contributed by atoms with Gasteiger partial charge < -0.3 is 9.30 Å². The van der Waals surface area contributed by atoms with E-state index in [2.05, 4.69) is 10.5 Å². The van der Waals surface area contributed by atoms with Crippen LogP contribution in [-0.4, -0.2) is 23.3 Å². The number of ether oxygens (including phenoxy) is 1. The van der Waals surface area contributed by atoms with Crippen molar-refractivity contribution >= 4 is 23.7 Å². The SMILES string of the molecule is Cc1cc(OCC(=O)N/N=C\c2cccn2C)cc(C)c1Cl. The zero-order valence-electron chi connectivity index (χ0n) is 12.8. The van der Waals surface area contributed by atoms with E-state index in [1.165, 1.54) is 0 Å². The lowest BCUT2D eigenvalue weighted by Crippen LogP contribution is -2.24. The van der Waals surface area contributed by atoms with Crippen LogP contribution in [-0.2, 0) is 11.8 Å². The summed E-state index contributed by atoms with van der Waals surface area (Å²) < 4.78 is 7.34. The first-order valence-corrected chi connectivity index (χ1v) is 7.18. The summed E-state index contributed by atoms with van der Waals surface area (Å²) in [4.78, 5) is 11.7. The molecule has 0 spiro atoms. The van der Waals surface area contributed by atoms with Crippen LogP contribution in [0.2, 0.25) is 5.02 Å². The lowest BCUT2D eigenvalue weighted by atomic mass is 10.1. The quantitative estimate of drug-likeness (QED) is 0.680. The standard InChI is InChI=1S/C16H18ClN3O2/c1-11-7-14(8-12(2)16(11)17)22-10-15(21)19-18-9-13-5-4-6-20(13)3/h4-9H,10H2,1-3H3,(H,19,21)/b18-9-. The highest BCUT2D eigenvalue weighted by molar-refractivity contribution is 6.32. The van der Waals surface area contributed by atoms with Crippen LogP contribution in [0, 0.1) is 13.8 Å².